The Morgan fingerprint density at radius 1 is 1.11 bits per heavy atom. The van der Waals surface area contributed by atoms with E-state index in [9.17, 15) is 0 Å². The number of benzene rings is 1. The maximum atomic E-state index is 5.57. The van der Waals surface area contributed by atoms with Crippen LogP contribution in [-0.2, 0) is 6.54 Å². The summed E-state index contributed by atoms with van der Waals surface area (Å²) < 4.78 is 1.13. The van der Waals surface area contributed by atoms with Crippen molar-refractivity contribution in [3.63, 3.8) is 0 Å². The standard InChI is InChI=1S/C13H18BrN3S/c14-12-3-1-11(2-4-12)9-16-5-7-17(8-6-16)10-13(15)18/h1-4H,5-10H2,(H2,15,18). The summed E-state index contributed by atoms with van der Waals surface area (Å²) in [6.45, 7) is 6.04. The van der Waals surface area contributed by atoms with Gasteiger partial charge in [0.2, 0.25) is 0 Å². The highest BCUT2D eigenvalue weighted by molar-refractivity contribution is 9.10. The fourth-order valence-corrected chi connectivity index (χ4v) is 2.62. The fourth-order valence-electron chi connectivity index (χ4n) is 2.17. The van der Waals surface area contributed by atoms with Crippen molar-refractivity contribution >= 4 is 33.1 Å². The van der Waals surface area contributed by atoms with E-state index in [1.54, 1.807) is 0 Å². The van der Waals surface area contributed by atoms with Crippen LogP contribution < -0.4 is 5.73 Å². The minimum atomic E-state index is 0.594. The lowest BCUT2D eigenvalue weighted by Crippen LogP contribution is -2.48. The molecule has 0 amide bonds. The van der Waals surface area contributed by atoms with E-state index in [0.29, 0.717) is 4.99 Å². The molecule has 1 aromatic carbocycles. The van der Waals surface area contributed by atoms with E-state index in [4.69, 9.17) is 18.0 Å². The molecule has 3 nitrogen and oxygen atoms in total. The fraction of sp³-hybridized carbons (Fsp3) is 0.462. The molecule has 18 heavy (non-hydrogen) atoms. The number of piperazine rings is 1. The number of hydrogen-bond acceptors (Lipinski definition) is 3. The first-order chi connectivity index (χ1) is 8.63. The molecule has 0 atom stereocenters. The van der Waals surface area contributed by atoms with Crippen molar-refractivity contribution in [2.45, 2.75) is 6.54 Å². The zero-order valence-electron chi connectivity index (χ0n) is 10.3. The number of hydrogen-bond donors (Lipinski definition) is 1. The Kier molecular flexibility index (Phi) is 5.12. The molecule has 1 aliphatic rings. The summed E-state index contributed by atoms with van der Waals surface area (Å²) in [6, 6.07) is 8.54. The topological polar surface area (TPSA) is 32.5 Å². The van der Waals surface area contributed by atoms with Gasteiger partial charge in [-0.3, -0.25) is 9.80 Å². The van der Waals surface area contributed by atoms with Gasteiger partial charge < -0.3 is 5.73 Å². The molecule has 5 heteroatoms. The molecule has 98 valence electrons. The monoisotopic (exact) mass is 327 g/mol. The third kappa shape index (κ3) is 4.31. The lowest BCUT2D eigenvalue weighted by Gasteiger charge is -2.34. The van der Waals surface area contributed by atoms with Gasteiger partial charge in [0, 0.05) is 43.7 Å². The van der Waals surface area contributed by atoms with Crippen molar-refractivity contribution < 1.29 is 0 Å². The predicted octanol–water partition coefficient (Wildman–Crippen LogP) is 1.85. The van der Waals surface area contributed by atoms with E-state index >= 15 is 0 Å². The van der Waals surface area contributed by atoms with Crippen LogP contribution in [0.4, 0.5) is 0 Å². The molecule has 0 aromatic heterocycles. The Labute approximate surface area is 122 Å². The van der Waals surface area contributed by atoms with Gasteiger partial charge in [0.05, 0.1) is 4.99 Å². The van der Waals surface area contributed by atoms with Crippen LogP contribution in [0.25, 0.3) is 0 Å². The molecule has 1 aliphatic heterocycles. The van der Waals surface area contributed by atoms with Crippen LogP contribution in [0.5, 0.6) is 0 Å². The van der Waals surface area contributed by atoms with Crippen molar-refractivity contribution in [2.24, 2.45) is 5.73 Å². The molecule has 0 saturated carbocycles. The van der Waals surface area contributed by atoms with Crippen LogP contribution in [0.1, 0.15) is 5.56 Å². The summed E-state index contributed by atoms with van der Waals surface area (Å²) in [6.07, 6.45) is 0. The quantitative estimate of drug-likeness (QED) is 0.855. The maximum Gasteiger partial charge on any atom is 0.0870 e. The van der Waals surface area contributed by atoms with Crippen molar-refractivity contribution in [3.05, 3.63) is 34.3 Å². The number of nitrogens with two attached hydrogens (primary N) is 1. The summed E-state index contributed by atoms with van der Waals surface area (Å²) in [5.74, 6) is 0. The SMILES string of the molecule is NC(=S)CN1CCN(Cc2ccc(Br)cc2)CC1. The average molecular weight is 328 g/mol. The van der Waals surface area contributed by atoms with Gasteiger partial charge in [-0.05, 0) is 17.7 Å². The van der Waals surface area contributed by atoms with Gasteiger partial charge >= 0.3 is 0 Å². The molecule has 0 radical (unpaired) electrons. The largest absolute Gasteiger partial charge is 0.392 e. The lowest BCUT2D eigenvalue weighted by molar-refractivity contribution is 0.140. The molecule has 1 heterocycles. The third-order valence-corrected chi connectivity index (χ3v) is 3.82. The van der Waals surface area contributed by atoms with Crippen molar-refractivity contribution in [1.29, 1.82) is 0 Å². The first-order valence-corrected chi connectivity index (χ1v) is 7.31. The van der Waals surface area contributed by atoms with Crippen LogP contribution in [0.15, 0.2) is 28.7 Å². The van der Waals surface area contributed by atoms with E-state index in [1.165, 1.54) is 5.56 Å². The van der Waals surface area contributed by atoms with Crippen molar-refractivity contribution in [3.8, 4) is 0 Å². The Morgan fingerprint density at radius 2 is 1.67 bits per heavy atom. The molecule has 0 spiro atoms. The average Bonchev–Trinajstić information content (AvgIpc) is 2.34. The van der Waals surface area contributed by atoms with Crippen molar-refractivity contribution in [2.75, 3.05) is 32.7 Å². The van der Waals surface area contributed by atoms with E-state index in [-0.39, 0.29) is 0 Å². The number of nitrogens with zero attached hydrogens (tertiary/aromatic N) is 2. The van der Waals surface area contributed by atoms with Crippen LogP contribution >= 0.6 is 28.1 Å². The highest BCUT2D eigenvalue weighted by Crippen LogP contribution is 2.13. The van der Waals surface area contributed by atoms with Gasteiger partial charge in [-0.15, -0.1) is 0 Å². The molecule has 0 aliphatic carbocycles. The maximum absolute atomic E-state index is 5.57. The third-order valence-electron chi connectivity index (χ3n) is 3.16. The minimum Gasteiger partial charge on any atom is -0.392 e. The Bertz CT molecular complexity index is 399. The first-order valence-electron chi connectivity index (χ1n) is 6.11. The number of halogens is 1. The van der Waals surface area contributed by atoms with Gasteiger partial charge in [0.15, 0.2) is 0 Å². The molecule has 2 N–H and O–H groups in total. The van der Waals surface area contributed by atoms with Crippen molar-refractivity contribution in [1.82, 2.24) is 9.80 Å². The van der Waals surface area contributed by atoms with E-state index in [1.807, 2.05) is 0 Å². The molecule has 1 saturated heterocycles. The summed E-state index contributed by atoms with van der Waals surface area (Å²) in [4.78, 5) is 5.39. The lowest BCUT2D eigenvalue weighted by atomic mass is 10.2. The van der Waals surface area contributed by atoms with Gasteiger partial charge in [0.1, 0.15) is 0 Å². The predicted molar refractivity (Wildman–Crippen MR) is 82.6 cm³/mol. The highest BCUT2D eigenvalue weighted by Gasteiger charge is 2.16. The zero-order valence-corrected chi connectivity index (χ0v) is 12.7. The normalized spacial score (nSPS) is 17.8. The number of thiocarbonyl (C=S) groups is 1. The zero-order chi connectivity index (χ0) is 13.0. The molecule has 0 bridgehead atoms. The van der Waals surface area contributed by atoms with Gasteiger partial charge in [-0.25, -0.2) is 0 Å². The smallest absolute Gasteiger partial charge is 0.0870 e. The second-order valence-electron chi connectivity index (χ2n) is 4.65. The highest BCUT2D eigenvalue weighted by atomic mass is 79.9. The Hall–Kier alpha value is -0.490. The summed E-state index contributed by atoms with van der Waals surface area (Å²) in [5, 5.41) is 0. The molecular weight excluding hydrogens is 310 g/mol. The van der Waals surface area contributed by atoms with Crippen LogP contribution in [0.2, 0.25) is 0 Å². The molecule has 2 rings (SSSR count). The second-order valence-corrected chi connectivity index (χ2v) is 6.09. The van der Waals surface area contributed by atoms with Gasteiger partial charge in [0.25, 0.3) is 0 Å². The second kappa shape index (κ2) is 6.61. The Morgan fingerprint density at radius 3 is 2.22 bits per heavy atom. The summed E-state index contributed by atoms with van der Waals surface area (Å²) >= 11 is 8.40. The molecule has 0 unspecified atom stereocenters. The minimum absolute atomic E-state index is 0.594. The van der Waals surface area contributed by atoms with E-state index in [0.717, 1.165) is 43.7 Å². The Balaban J connectivity index is 1.79. The first kappa shape index (κ1) is 13.9. The summed E-state index contributed by atoms with van der Waals surface area (Å²) in [5.41, 5.74) is 6.93. The van der Waals surface area contributed by atoms with E-state index in [2.05, 4.69) is 50.0 Å². The van der Waals surface area contributed by atoms with Gasteiger partial charge in [-0.2, -0.15) is 0 Å². The van der Waals surface area contributed by atoms with Crippen LogP contribution in [-0.4, -0.2) is 47.5 Å². The molecular formula is C13H18BrN3S. The number of rotatable bonds is 4. The molecule has 1 aromatic rings. The van der Waals surface area contributed by atoms with E-state index < -0.39 is 0 Å². The molecule has 1 fully saturated rings. The summed E-state index contributed by atoms with van der Waals surface area (Å²) in [7, 11) is 0. The van der Waals surface area contributed by atoms with Crippen LogP contribution in [0, 0.1) is 0 Å². The van der Waals surface area contributed by atoms with Crippen LogP contribution in [0.3, 0.4) is 0 Å². The van der Waals surface area contributed by atoms with Gasteiger partial charge in [-0.1, -0.05) is 40.3 Å².